The zero-order chi connectivity index (χ0) is 29.2. The van der Waals surface area contributed by atoms with Crippen molar-refractivity contribution in [3.05, 3.63) is 120 Å². The van der Waals surface area contributed by atoms with Gasteiger partial charge in [0.1, 0.15) is 0 Å². The van der Waals surface area contributed by atoms with Crippen molar-refractivity contribution in [3.8, 4) is 0 Å². The van der Waals surface area contributed by atoms with Crippen LogP contribution in [-0.2, 0) is 4.79 Å². The summed E-state index contributed by atoms with van der Waals surface area (Å²) in [7, 11) is 0. The normalized spacial score (nSPS) is 22.9. The van der Waals surface area contributed by atoms with Crippen LogP contribution in [0.1, 0.15) is 63.7 Å². The van der Waals surface area contributed by atoms with Crippen molar-refractivity contribution in [2.75, 3.05) is 20.4 Å². The first kappa shape index (κ1) is 27.9. The molecular weight excluding hydrogens is 516 g/mol. The van der Waals surface area contributed by atoms with E-state index >= 15 is 0 Å². The highest BCUT2D eigenvalue weighted by Crippen LogP contribution is 2.42. The van der Waals surface area contributed by atoms with E-state index in [0.29, 0.717) is 0 Å². The van der Waals surface area contributed by atoms with Crippen molar-refractivity contribution >= 4 is 28.5 Å². The summed E-state index contributed by atoms with van der Waals surface area (Å²) in [6.45, 7) is 8.69. The molecule has 2 aliphatic rings. The summed E-state index contributed by atoms with van der Waals surface area (Å²) in [5.41, 5.74) is 7.03. The number of benzene rings is 4. The third-order valence-electron chi connectivity index (χ3n) is 9.17. The van der Waals surface area contributed by atoms with Crippen molar-refractivity contribution in [3.63, 3.8) is 0 Å². The maximum Gasteiger partial charge on any atom is 0.176 e. The Morgan fingerprint density at radius 3 is 1.36 bits per heavy atom. The summed E-state index contributed by atoms with van der Waals surface area (Å²) in [4.78, 5) is 19.1. The minimum atomic E-state index is -0.256. The maximum absolute atomic E-state index is 14.4. The van der Waals surface area contributed by atoms with Gasteiger partial charge in [0.2, 0.25) is 0 Å². The quantitative estimate of drug-likeness (QED) is 0.228. The summed E-state index contributed by atoms with van der Waals surface area (Å²) < 4.78 is 0. The van der Waals surface area contributed by atoms with Gasteiger partial charge in [-0.25, -0.2) is 0 Å². The number of nitrogens with zero attached hydrogens (tertiary/aromatic N) is 2. The number of carbonyl (C=O) groups is 1. The summed E-state index contributed by atoms with van der Waals surface area (Å²) >= 11 is 0. The van der Waals surface area contributed by atoms with E-state index < -0.39 is 0 Å². The van der Waals surface area contributed by atoms with Crippen LogP contribution in [0.4, 0.5) is 22.7 Å². The second-order valence-electron chi connectivity index (χ2n) is 12.0. The molecule has 6 unspecified atom stereocenters. The molecule has 0 amide bonds. The predicted octanol–water partition coefficient (Wildman–Crippen LogP) is 8.24. The van der Waals surface area contributed by atoms with Crippen LogP contribution in [0.5, 0.6) is 0 Å². The lowest BCUT2D eigenvalue weighted by Gasteiger charge is -2.47. The molecule has 0 aliphatic carbocycles. The number of para-hydroxylation sites is 4. The van der Waals surface area contributed by atoms with Gasteiger partial charge < -0.3 is 20.4 Å². The Balaban J connectivity index is 1.25. The van der Waals surface area contributed by atoms with E-state index in [0.717, 1.165) is 35.6 Å². The van der Waals surface area contributed by atoms with Gasteiger partial charge in [-0.15, -0.1) is 0 Å². The SMILES string of the molecule is CC1CC(Nc2ccccc2)c2ccccc2N1C(C)C(=O)C(C)N1c2ccccc2C(Nc2ccccc2)CC1C. The van der Waals surface area contributed by atoms with Crippen molar-refractivity contribution in [1.82, 2.24) is 0 Å². The lowest BCUT2D eigenvalue weighted by molar-refractivity contribution is -0.121. The molecule has 0 saturated heterocycles. The van der Waals surface area contributed by atoms with Gasteiger partial charge in [0.05, 0.1) is 24.2 Å². The third kappa shape index (κ3) is 5.36. The third-order valence-corrected chi connectivity index (χ3v) is 9.17. The molecule has 216 valence electrons. The summed E-state index contributed by atoms with van der Waals surface area (Å²) in [6, 6.07) is 38.3. The fraction of sp³-hybridized carbons (Fsp3) is 0.324. The number of hydrogen-bond donors (Lipinski definition) is 2. The summed E-state index contributed by atoms with van der Waals surface area (Å²) in [5, 5.41) is 7.49. The number of ketones is 1. The molecule has 0 radical (unpaired) electrons. The molecule has 2 heterocycles. The van der Waals surface area contributed by atoms with Gasteiger partial charge in [0.25, 0.3) is 0 Å². The zero-order valence-corrected chi connectivity index (χ0v) is 25.1. The highest BCUT2D eigenvalue weighted by molar-refractivity contribution is 5.94. The smallest absolute Gasteiger partial charge is 0.176 e. The number of anilines is 4. The standard InChI is InChI=1S/C37H42N4O/c1-25-23-33(38-29-15-7-5-8-16-29)31-19-11-13-21-35(31)40(25)27(3)37(42)28(4)41-26(2)24-34(32-20-12-14-22-36(32)41)39-30-17-9-6-10-18-30/h5-22,25-28,33-34,38-39H,23-24H2,1-4H3. The van der Waals surface area contributed by atoms with Gasteiger partial charge >= 0.3 is 0 Å². The van der Waals surface area contributed by atoms with Crippen molar-refractivity contribution in [2.24, 2.45) is 0 Å². The molecule has 5 heteroatoms. The first-order chi connectivity index (χ1) is 20.4. The van der Waals surface area contributed by atoms with Gasteiger partial charge in [-0.2, -0.15) is 0 Å². The van der Waals surface area contributed by atoms with Crippen molar-refractivity contribution < 1.29 is 4.79 Å². The van der Waals surface area contributed by atoms with E-state index in [2.05, 4.69) is 145 Å². The molecule has 6 rings (SSSR count). The Kier molecular flexibility index (Phi) is 7.92. The molecule has 6 atom stereocenters. The molecule has 0 spiro atoms. The largest absolute Gasteiger partial charge is 0.378 e. The lowest BCUT2D eigenvalue weighted by Crippen LogP contribution is -2.56. The Morgan fingerprint density at radius 1 is 0.595 bits per heavy atom. The van der Waals surface area contributed by atoms with Crippen LogP contribution >= 0.6 is 0 Å². The number of hydrogen-bond acceptors (Lipinski definition) is 5. The monoisotopic (exact) mass is 558 g/mol. The molecule has 5 nitrogen and oxygen atoms in total. The Morgan fingerprint density at radius 2 is 0.952 bits per heavy atom. The topological polar surface area (TPSA) is 47.6 Å². The first-order valence-corrected chi connectivity index (χ1v) is 15.3. The molecule has 4 aromatic carbocycles. The van der Waals surface area contributed by atoms with E-state index in [1.807, 2.05) is 12.1 Å². The molecule has 42 heavy (non-hydrogen) atoms. The lowest BCUT2D eigenvalue weighted by atomic mass is 9.87. The number of Topliss-reactive ketones (excluding diaryl/α,β-unsaturated/α-hetero) is 1. The van der Waals surface area contributed by atoms with Crippen LogP contribution < -0.4 is 20.4 Å². The predicted molar refractivity (Wildman–Crippen MR) is 176 cm³/mol. The molecule has 0 bridgehead atoms. The first-order valence-electron chi connectivity index (χ1n) is 15.3. The zero-order valence-electron chi connectivity index (χ0n) is 25.1. The average Bonchev–Trinajstić information content (AvgIpc) is 3.01. The highest BCUT2D eigenvalue weighted by atomic mass is 16.1. The number of rotatable bonds is 8. The van der Waals surface area contributed by atoms with E-state index in [9.17, 15) is 4.79 Å². The summed E-state index contributed by atoms with van der Waals surface area (Å²) in [6.07, 6.45) is 1.85. The Hall–Kier alpha value is -4.25. The van der Waals surface area contributed by atoms with Gasteiger partial charge in [-0.05, 0) is 88.1 Å². The molecule has 2 N–H and O–H groups in total. The molecular formula is C37H42N4O. The van der Waals surface area contributed by atoms with Gasteiger partial charge in [-0.1, -0.05) is 72.8 Å². The highest BCUT2D eigenvalue weighted by Gasteiger charge is 2.40. The van der Waals surface area contributed by atoms with Crippen molar-refractivity contribution in [2.45, 2.75) is 76.8 Å². The Bertz CT molecular complexity index is 1390. The van der Waals surface area contributed by atoms with Crippen LogP contribution in [0.3, 0.4) is 0 Å². The van der Waals surface area contributed by atoms with E-state index in [1.54, 1.807) is 0 Å². The van der Waals surface area contributed by atoms with Crippen molar-refractivity contribution in [1.29, 1.82) is 0 Å². The average molecular weight is 559 g/mol. The van der Waals surface area contributed by atoms with Crippen LogP contribution in [0.2, 0.25) is 0 Å². The van der Waals surface area contributed by atoms with Crippen LogP contribution in [0.25, 0.3) is 0 Å². The molecule has 0 saturated carbocycles. The minimum absolute atomic E-state index is 0.192. The second-order valence-corrected chi connectivity index (χ2v) is 12.0. The van der Waals surface area contributed by atoms with Crippen LogP contribution in [0.15, 0.2) is 109 Å². The number of fused-ring (bicyclic) bond motifs is 2. The van der Waals surface area contributed by atoms with Crippen LogP contribution in [0, 0.1) is 0 Å². The number of nitrogens with one attached hydrogen (secondary N) is 2. The number of carbonyl (C=O) groups excluding carboxylic acids is 1. The fourth-order valence-corrected chi connectivity index (χ4v) is 7.22. The van der Waals surface area contributed by atoms with E-state index in [4.69, 9.17) is 0 Å². The molecule has 4 aromatic rings. The van der Waals surface area contributed by atoms with Gasteiger partial charge in [0, 0.05) is 34.8 Å². The van der Waals surface area contributed by atoms with Gasteiger partial charge in [-0.3, -0.25) is 4.79 Å². The fourth-order valence-electron chi connectivity index (χ4n) is 7.22. The molecule has 0 fully saturated rings. The maximum atomic E-state index is 14.4. The van der Waals surface area contributed by atoms with E-state index in [-0.39, 0.29) is 42.0 Å². The van der Waals surface area contributed by atoms with E-state index in [1.165, 1.54) is 11.1 Å². The van der Waals surface area contributed by atoms with Gasteiger partial charge in [0.15, 0.2) is 5.78 Å². The second kappa shape index (κ2) is 11.9. The molecule has 2 aliphatic heterocycles. The Labute approximate surface area is 250 Å². The molecule has 0 aromatic heterocycles. The minimum Gasteiger partial charge on any atom is -0.378 e. The van der Waals surface area contributed by atoms with Crippen LogP contribution in [-0.4, -0.2) is 30.0 Å². The summed E-state index contributed by atoms with van der Waals surface area (Å²) in [5.74, 6) is 0.252.